The van der Waals surface area contributed by atoms with Gasteiger partial charge in [0.15, 0.2) is 4.34 Å². The van der Waals surface area contributed by atoms with Crippen LogP contribution in [0.25, 0.3) is 0 Å². The summed E-state index contributed by atoms with van der Waals surface area (Å²) in [6, 6.07) is 6.75. The van der Waals surface area contributed by atoms with Gasteiger partial charge >= 0.3 is 6.03 Å². The summed E-state index contributed by atoms with van der Waals surface area (Å²) in [5.74, 6) is 0.738. The number of aromatic nitrogens is 2. The van der Waals surface area contributed by atoms with E-state index >= 15 is 0 Å². The molecule has 0 aliphatic rings. The summed E-state index contributed by atoms with van der Waals surface area (Å²) >= 11 is 3.03. The molecule has 0 saturated heterocycles. The van der Waals surface area contributed by atoms with Gasteiger partial charge < -0.3 is 10.1 Å². The summed E-state index contributed by atoms with van der Waals surface area (Å²) in [5, 5.41) is 14.4. The highest BCUT2D eigenvalue weighted by molar-refractivity contribution is 8.01. The Hall–Kier alpha value is -1.80. The molecule has 1 atom stereocenters. The quantitative estimate of drug-likeness (QED) is 0.613. The molecule has 0 bridgehead atoms. The van der Waals surface area contributed by atoms with Gasteiger partial charge in [0.1, 0.15) is 5.75 Å². The van der Waals surface area contributed by atoms with Crippen molar-refractivity contribution in [2.24, 2.45) is 0 Å². The molecule has 118 valence electrons. The van der Waals surface area contributed by atoms with Crippen molar-refractivity contribution in [2.75, 3.05) is 17.7 Å². The van der Waals surface area contributed by atoms with Gasteiger partial charge in [0.2, 0.25) is 5.13 Å². The van der Waals surface area contributed by atoms with E-state index in [1.807, 2.05) is 0 Å². The molecule has 6 nitrogen and oxygen atoms in total. The van der Waals surface area contributed by atoms with E-state index in [9.17, 15) is 4.79 Å². The highest BCUT2D eigenvalue weighted by Crippen LogP contribution is 2.29. The van der Waals surface area contributed by atoms with Crippen LogP contribution >= 0.6 is 23.1 Å². The Morgan fingerprint density at radius 3 is 2.68 bits per heavy atom. The average molecular weight is 338 g/mol. The normalized spacial score (nSPS) is 11.8. The van der Waals surface area contributed by atoms with Gasteiger partial charge in [-0.15, -0.1) is 10.2 Å². The first kappa shape index (κ1) is 16.6. The minimum Gasteiger partial charge on any atom is -0.497 e. The van der Waals surface area contributed by atoms with E-state index in [0.717, 1.165) is 16.5 Å². The molecule has 0 aliphatic heterocycles. The van der Waals surface area contributed by atoms with E-state index < -0.39 is 0 Å². The molecule has 2 rings (SSSR count). The van der Waals surface area contributed by atoms with Crippen LogP contribution < -0.4 is 15.4 Å². The van der Waals surface area contributed by atoms with Crippen LogP contribution in [0.4, 0.5) is 15.6 Å². The second-order valence-corrected chi connectivity index (χ2v) is 7.18. The van der Waals surface area contributed by atoms with Gasteiger partial charge in [-0.2, -0.15) is 0 Å². The fourth-order valence-corrected chi connectivity index (χ4v) is 3.49. The fourth-order valence-electron chi connectivity index (χ4n) is 1.50. The third-order valence-electron chi connectivity index (χ3n) is 2.85. The van der Waals surface area contributed by atoms with Crippen molar-refractivity contribution in [2.45, 2.75) is 29.9 Å². The van der Waals surface area contributed by atoms with Crippen molar-refractivity contribution < 1.29 is 9.53 Å². The van der Waals surface area contributed by atoms with Gasteiger partial charge in [-0.05, 0) is 30.7 Å². The molecular formula is C14H18N4O2S2. The number of ether oxygens (including phenoxy) is 1. The monoisotopic (exact) mass is 338 g/mol. The second kappa shape index (κ2) is 8.00. The highest BCUT2D eigenvalue weighted by Gasteiger charge is 2.11. The Morgan fingerprint density at radius 1 is 1.32 bits per heavy atom. The number of nitrogens with one attached hydrogen (secondary N) is 2. The number of hydrogen-bond donors (Lipinski definition) is 2. The lowest BCUT2D eigenvalue weighted by atomic mass is 10.3. The zero-order chi connectivity index (χ0) is 15.9. The van der Waals surface area contributed by atoms with Crippen LogP contribution in [0.2, 0.25) is 0 Å². The van der Waals surface area contributed by atoms with Crippen molar-refractivity contribution in [3.8, 4) is 5.75 Å². The summed E-state index contributed by atoms with van der Waals surface area (Å²) in [7, 11) is 1.60. The minimum atomic E-state index is -0.346. The van der Waals surface area contributed by atoms with Gasteiger partial charge in [-0.1, -0.05) is 36.9 Å². The maximum absolute atomic E-state index is 11.9. The maximum atomic E-state index is 11.9. The molecule has 1 heterocycles. The largest absolute Gasteiger partial charge is 0.497 e. The van der Waals surface area contributed by atoms with Gasteiger partial charge in [0.25, 0.3) is 0 Å². The van der Waals surface area contributed by atoms with Crippen LogP contribution in [0.15, 0.2) is 28.6 Å². The van der Waals surface area contributed by atoms with Gasteiger partial charge in [-0.3, -0.25) is 5.32 Å². The zero-order valence-electron chi connectivity index (χ0n) is 12.6. The standard InChI is InChI=1S/C14H18N4O2S2/c1-4-9(2)21-14-18-17-13(22-14)16-12(19)15-10-5-7-11(20-3)8-6-10/h5-9H,4H2,1-3H3,(H2,15,16,17,19)/t9-/m1/s1. The lowest BCUT2D eigenvalue weighted by Crippen LogP contribution is -2.19. The summed E-state index contributed by atoms with van der Waals surface area (Å²) in [5.41, 5.74) is 0.678. The number of benzene rings is 1. The molecule has 0 radical (unpaired) electrons. The Kier molecular flexibility index (Phi) is 6.02. The predicted octanol–water partition coefficient (Wildman–Crippen LogP) is 4.08. The van der Waals surface area contributed by atoms with Crippen molar-refractivity contribution in [1.29, 1.82) is 0 Å². The molecular weight excluding hydrogens is 320 g/mol. The first-order valence-corrected chi connectivity index (χ1v) is 8.52. The molecule has 2 N–H and O–H groups in total. The fraction of sp³-hybridized carbons (Fsp3) is 0.357. The van der Waals surface area contributed by atoms with Crippen LogP contribution in [-0.2, 0) is 0 Å². The number of anilines is 2. The topological polar surface area (TPSA) is 76.1 Å². The van der Waals surface area contributed by atoms with Crippen molar-refractivity contribution >= 4 is 39.9 Å². The third-order valence-corrected chi connectivity index (χ3v) is 5.04. The molecule has 0 spiro atoms. The Bertz CT molecular complexity index is 616. The molecule has 8 heteroatoms. The molecule has 0 fully saturated rings. The number of amides is 2. The number of rotatable bonds is 6. The summed E-state index contributed by atoms with van der Waals surface area (Å²) < 4.78 is 5.92. The Balaban J connectivity index is 1.88. The Morgan fingerprint density at radius 2 is 2.05 bits per heavy atom. The van der Waals surface area contributed by atoms with Crippen molar-refractivity contribution in [3.63, 3.8) is 0 Å². The predicted molar refractivity (Wildman–Crippen MR) is 91.2 cm³/mol. The summed E-state index contributed by atoms with van der Waals surface area (Å²) in [6.07, 6.45) is 1.06. The van der Waals surface area contributed by atoms with E-state index in [1.54, 1.807) is 43.1 Å². The lowest BCUT2D eigenvalue weighted by molar-refractivity contribution is 0.262. The van der Waals surface area contributed by atoms with Crippen molar-refractivity contribution in [1.82, 2.24) is 10.2 Å². The zero-order valence-corrected chi connectivity index (χ0v) is 14.3. The molecule has 1 aromatic carbocycles. The minimum absolute atomic E-state index is 0.346. The van der Waals surface area contributed by atoms with Crippen LogP contribution in [0, 0.1) is 0 Å². The average Bonchev–Trinajstić information content (AvgIpc) is 2.94. The lowest BCUT2D eigenvalue weighted by Gasteiger charge is -2.06. The van der Waals surface area contributed by atoms with E-state index in [1.165, 1.54) is 11.3 Å². The number of urea groups is 1. The van der Waals surface area contributed by atoms with Crippen LogP contribution in [-0.4, -0.2) is 28.6 Å². The van der Waals surface area contributed by atoms with Crippen LogP contribution in [0.5, 0.6) is 5.75 Å². The number of nitrogens with zero attached hydrogens (tertiary/aromatic N) is 2. The molecule has 0 unspecified atom stereocenters. The van der Waals surface area contributed by atoms with Gasteiger partial charge in [0, 0.05) is 10.9 Å². The van der Waals surface area contributed by atoms with Gasteiger partial charge in [0.05, 0.1) is 7.11 Å². The molecule has 22 heavy (non-hydrogen) atoms. The van der Waals surface area contributed by atoms with E-state index in [2.05, 4.69) is 34.7 Å². The first-order chi connectivity index (χ1) is 10.6. The SMILES string of the molecule is CC[C@@H](C)Sc1nnc(NC(=O)Nc2ccc(OC)cc2)s1. The smallest absolute Gasteiger partial charge is 0.325 e. The first-order valence-electron chi connectivity index (χ1n) is 6.83. The van der Waals surface area contributed by atoms with E-state index in [4.69, 9.17) is 4.74 Å². The number of carbonyl (C=O) groups is 1. The number of carbonyl (C=O) groups excluding carboxylic acids is 1. The van der Waals surface area contributed by atoms with Crippen LogP contribution in [0.3, 0.4) is 0 Å². The van der Waals surface area contributed by atoms with Gasteiger partial charge in [-0.25, -0.2) is 4.79 Å². The van der Waals surface area contributed by atoms with Crippen molar-refractivity contribution in [3.05, 3.63) is 24.3 Å². The summed E-state index contributed by atoms with van der Waals surface area (Å²) in [4.78, 5) is 11.9. The second-order valence-electron chi connectivity index (χ2n) is 4.52. The van der Waals surface area contributed by atoms with E-state index in [-0.39, 0.29) is 6.03 Å². The molecule has 1 aromatic heterocycles. The molecule has 2 amide bonds. The molecule has 0 aliphatic carbocycles. The molecule has 2 aromatic rings. The number of hydrogen-bond acceptors (Lipinski definition) is 6. The number of thioether (sulfide) groups is 1. The maximum Gasteiger partial charge on any atom is 0.325 e. The number of methoxy groups -OCH3 is 1. The van der Waals surface area contributed by atoms with E-state index in [0.29, 0.717) is 16.1 Å². The Labute approximate surface area is 137 Å². The third kappa shape index (κ3) is 4.88. The van der Waals surface area contributed by atoms with Crippen LogP contribution in [0.1, 0.15) is 20.3 Å². The highest BCUT2D eigenvalue weighted by atomic mass is 32.2. The molecule has 0 saturated carbocycles. The summed E-state index contributed by atoms with van der Waals surface area (Å²) in [6.45, 7) is 4.26.